The Kier molecular flexibility index (Phi) is 3.05. The van der Waals surface area contributed by atoms with Crippen molar-refractivity contribution in [2.75, 3.05) is 0 Å². The summed E-state index contributed by atoms with van der Waals surface area (Å²) in [5, 5.41) is 0. The first-order valence-corrected chi connectivity index (χ1v) is 5.15. The smallest absolute Gasteiger partial charge is 0.187 e. The molecule has 0 radical (unpaired) electrons. The molecular formula is C13H13N2O+. The Balaban J connectivity index is 2.31. The molecule has 0 aliphatic rings. The number of benzene rings is 1. The lowest BCUT2D eigenvalue weighted by Crippen LogP contribution is -2.33. The van der Waals surface area contributed by atoms with E-state index in [1.165, 1.54) is 0 Å². The molecule has 1 aromatic heterocycles. The Morgan fingerprint density at radius 3 is 2.62 bits per heavy atom. The first-order valence-electron chi connectivity index (χ1n) is 5.15. The summed E-state index contributed by atoms with van der Waals surface area (Å²) in [5.41, 5.74) is 1.82. The van der Waals surface area contributed by atoms with E-state index in [4.69, 9.17) is 0 Å². The summed E-state index contributed by atoms with van der Waals surface area (Å²) < 4.78 is 1.99. The van der Waals surface area contributed by atoms with Crippen LogP contribution >= 0.6 is 0 Å². The average molecular weight is 213 g/mol. The zero-order valence-electron chi connectivity index (χ0n) is 9.13. The van der Waals surface area contributed by atoms with Crippen molar-refractivity contribution >= 4 is 5.78 Å². The van der Waals surface area contributed by atoms with Crippen molar-refractivity contribution in [3.8, 4) is 0 Å². The standard InChI is InChI=1S/C13H13N2O/c1-11(16)13-5-3-2-4-12(13)10-15-8-6-14-7-9-15/h2-9H,10H2,1H3/q+1. The highest BCUT2D eigenvalue weighted by molar-refractivity contribution is 5.95. The predicted octanol–water partition coefficient (Wildman–Crippen LogP) is 1.62. The van der Waals surface area contributed by atoms with Crippen LogP contribution in [-0.2, 0) is 6.54 Å². The fraction of sp³-hybridized carbons (Fsp3) is 0.154. The lowest BCUT2D eigenvalue weighted by Gasteiger charge is -2.02. The zero-order chi connectivity index (χ0) is 11.4. The number of ketones is 1. The second-order valence-electron chi connectivity index (χ2n) is 3.63. The SMILES string of the molecule is CC(=O)c1ccccc1C[n+]1ccncc1. The maximum absolute atomic E-state index is 11.4. The van der Waals surface area contributed by atoms with Gasteiger partial charge in [0.1, 0.15) is 0 Å². The van der Waals surface area contributed by atoms with E-state index >= 15 is 0 Å². The minimum atomic E-state index is 0.102. The largest absolute Gasteiger partial charge is 0.294 e. The lowest BCUT2D eigenvalue weighted by atomic mass is 10.0. The van der Waals surface area contributed by atoms with E-state index in [0.29, 0.717) is 6.54 Å². The molecule has 1 aromatic carbocycles. The number of nitrogens with zero attached hydrogens (tertiary/aromatic N) is 2. The highest BCUT2D eigenvalue weighted by Gasteiger charge is 2.09. The van der Waals surface area contributed by atoms with Crippen LogP contribution in [0.25, 0.3) is 0 Å². The van der Waals surface area contributed by atoms with Gasteiger partial charge in [-0.2, -0.15) is 4.57 Å². The van der Waals surface area contributed by atoms with E-state index in [1.807, 2.05) is 41.2 Å². The van der Waals surface area contributed by atoms with Crippen LogP contribution < -0.4 is 4.57 Å². The molecule has 2 aromatic rings. The van der Waals surface area contributed by atoms with Gasteiger partial charge in [-0.3, -0.25) is 9.78 Å². The van der Waals surface area contributed by atoms with Crippen LogP contribution in [0.2, 0.25) is 0 Å². The molecule has 0 atom stereocenters. The van der Waals surface area contributed by atoms with Crippen LogP contribution in [0.15, 0.2) is 49.1 Å². The van der Waals surface area contributed by atoms with E-state index in [0.717, 1.165) is 11.1 Å². The molecule has 1 heterocycles. The highest BCUT2D eigenvalue weighted by Crippen LogP contribution is 2.08. The average Bonchev–Trinajstić information content (AvgIpc) is 2.31. The Morgan fingerprint density at radius 2 is 1.94 bits per heavy atom. The fourth-order valence-corrected chi connectivity index (χ4v) is 1.65. The Bertz CT molecular complexity index is 494. The number of rotatable bonds is 3. The van der Waals surface area contributed by atoms with Gasteiger partial charge in [0, 0.05) is 11.1 Å². The fourth-order valence-electron chi connectivity index (χ4n) is 1.65. The quantitative estimate of drug-likeness (QED) is 0.573. The second kappa shape index (κ2) is 4.66. The number of carbonyl (C=O) groups excluding carboxylic acids is 1. The summed E-state index contributed by atoms with van der Waals surface area (Å²) in [6.45, 7) is 2.29. The summed E-state index contributed by atoms with van der Waals surface area (Å²) in [4.78, 5) is 15.4. The molecule has 3 nitrogen and oxygen atoms in total. The van der Waals surface area contributed by atoms with Gasteiger partial charge in [-0.25, -0.2) is 0 Å². The Hall–Kier alpha value is -2.03. The minimum absolute atomic E-state index is 0.102. The van der Waals surface area contributed by atoms with Crippen LogP contribution in [0.5, 0.6) is 0 Å². The Morgan fingerprint density at radius 1 is 1.25 bits per heavy atom. The second-order valence-corrected chi connectivity index (χ2v) is 3.63. The van der Waals surface area contributed by atoms with Crippen LogP contribution in [0.3, 0.4) is 0 Å². The van der Waals surface area contributed by atoms with Crippen molar-refractivity contribution in [3.63, 3.8) is 0 Å². The number of aromatic nitrogens is 2. The summed E-state index contributed by atoms with van der Waals surface area (Å²) in [7, 11) is 0. The van der Waals surface area contributed by atoms with Crippen LogP contribution in [0.4, 0.5) is 0 Å². The monoisotopic (exact) mass is 213 g/mol. The van der Waals surface area contributed by atoms with E-state index in [-0.39, 0.29) is 5.78 Å². The molecule has 2 rings (SSSR count). The van der Waals surface area contributed by atoms with Gasteiger partial charge in [-0.1, -0.05) is 24.3 Å². The zero-order valence-corrected chi connectivity index (χ0v) is 9.13. The van der Waals surface area contributed by atoms with E-state index in [9.17, 15) is 4.79 Å². The molecule has 0 spiro atoms. The summed E-state index contributed by atoms with van der Waals surface area (Å²) in [6, 6.07) is 7.67. The number of carbonyl (C=O) groups is 1. The predicted molar refractivity (Wildman–Crippen MR) is 60.0 cm³/mol. The maximum Gasteiger partial charge on any atom is 0.187 e. The summed E-state index contributed by atoms with van der Waals surface area (Å²) in [5.74, 6) is 0.102. The van der Waals surface area contributed by atoms with Crippen molar-refractivity contribution in [2.24, 2.45) is 0 Å². The molecule has 16 heavy (non-hydrogen) atoms. The minimum Gasteiger partial charge on any atom is -0.294 e. The molecule has 0 bridgehead atoms. The Labute approximate surface area is 94.4 Å². The molecule has 0 aliphatic carbocycles. The molecule has 0 fully saturated rings. The molecule has 3 heteroatoms. The molecule has 0 aliphatic heterocycles. The topological polar surface area (TPSA) is 33.8 Å². The molecule has 0 unspecified atom stereocenters. The molecular weight excluding hydrogens is 200 g/mol. The molecule has 0 amide bonds. The number of hydrogen-bond acceptors (Lipinski definition) is 2. The van der Waals surface area contributed by atoms with Crippen molar-refractivity contribution in [2.45, 2.75) is 13.5 Å². The maximum atomic E-state index is 11.4. The van der Waals surface area contributed by atoms with Gasteiger partial charge in [-0.05, 0) is 6.92 Å². The van der Waals surface area contributed by atoms with Crippen LogP contribution in [0, 0.1) is 0 Å². The van der Waals surface area contributed by atoms with Crippen molar-refractivity contribution < 1.29 is 9.36 Å². The first-order chi connectivity index (χ1) is 7.77. The number of Topliss-reactive ketones (excluding diaryl/α,β-unsaturated/α-hetero) is 1. The highest BCUT2D eigenvalue weighted by atomic mass is 16.1. The van der Waals surface area contributed by atoms with E-state index < -0.39 is 0 Å². The van der Waals surface area contributed by atoms with E-state index in [2.05, 4.69) is 4.98 Å². The van der Waals surface area contributed by atoms with Gasteiger partial charge < -0.3 is 0 Å². The normalized spacial score (nSPS) is 10.1. The lowest BCUT2D eigenvalue weighted by molar-refractivity contribution is -0.688. The molecule has 0 N–H and O–H groups in total. The van der Waals surface area contributed by atoms with Gasteiger partial charge >= 0.3 is 0 Å². The first kappa shape index (κ1) is 10.5. The van der Waals surface area contributed by atoms with Crippen molar-refractivity contribution in [1.29, 1.82) is 0 Å². The molecule has 0 saturated heterocycles. The van der Waals surface area contributed by atoms with Gasteiger partial charge in [-0.15, -0.1) is 0 Å². The van der Waals surface area contributed by atoms with Crippen molar-refractivity contribution in [1.82, 2.24) is 4.98 Å². The van der Waals surface area contributed by atoms with Crippen LogP contribution in [0.1, 0.15) is 22.8 Å². The molecule has 0 saturated carbocycles. The van der Waals surface area contributed by atoms with E-state index in [1.54, 1.807) is 19.3 Å². The summed E-state index contributed by atoms with van der Waals surface area (Å²) >= 11 is 0. The summed E-state index contributed by atoms with van der Waals surface area (Å²) in [6.07, 6.45) is 7.24. The van der Waals surface area contributed by atoms with Gasteiger partial charge in [0.05, 0.1) is 12.4 Å². The third kappa shape index (κ3) is 2.31. The van der Waals surface area contributed by atoms with Gasteiger partial charge in [0.2, 0.25) is 0 Å². The van der Waals surface area contributed by atoms with Crippen LogP contribution in [-0.4, -0.2) is 10.8 Å². The van der Waals surface area contributed by atoms with Gasteiger partial charge in [0.15, 0.2) is 24.7 Å². The van der Waals surface area contributed by atoms with Crippen molar-refractivity contribution in [3.05, 3.63) is 60.2 Å². The van der Waals surface area contributed by atoms with Gasteiger partial charge in [0.25, 0.3) is 0 Å². The third-order valence-corrected chi connectivity index (χ3v) is 2.44. The number of hydrogen-bond donors (Lipinski definition) is 0. The third-order valence-electron chi connectivity index (χ3n) is 2.44. The molecule has 80 valence electrons.